The van der Waals surface area contributed by atoms with Crippen LogP contribution < -0.4 is 10.1 Å². The number of nitrogens with zero attached hydrogens (tertiary/aromatic N) is 1. The third-order valence-corrected chi connectivity index (χ3v) is 8.14. The first-order valence-corrected chi connectivity index (χ1v) is 14.2. The molecule has 6 atom stereocenters. The summed E-state index contributed by atoms with van der Waals surface area (Å²) in [4.78, 5) is 57.1. The predicted molar refractivity (Wildman–Crippen MR) is 149 cm³/mol. The van der Waals surface area contributed by atoms with Crippen LogP contribution in [0.25, 0.3) is 0 Å². The smallest absolute Gasteiger partial charge is 0.332 e. The maximum absolute atomic E-state index is 13.6. The summed E-state index contributed by atoms with van der Waals surface area (Å²) in [6.45, 7) is 5.05. The first-order chi connectivity index (χ1) is 20.1. The number of aromatic hydroxyl groups is 1. The van der Waals surface area contributed by atoms with E-state index in [9.17, 15) is 24.3 Å². The number of pyridine rings is 1. The summed E-state index contributed by atoms with van der Waals surface area (Å²) in [5.74, 6) is -4.54. The number of esters is 3. The average molecular weight is 583 g/mol. The van der Waals surface area contributed by atoms with Crippen LogP contribution in [-0.4, -0.2) is 65.9 Å². The third-order valence-electron chi connectivity index (χ3n) is 8.14. The van der Waals surface area contributed by atoms with E-state index in [2.05, 4.69) is 10.3 Å². The molecule has 1 amide bonds. The second-order valence-corrected chi connectivity index (χ2v) is 11.1. The van der Waals surface area contributed by atoms with Crippen molar-refractivity contribution in [3.8, 4) is 11.5 Å². The van der Waals surface area contributed by atoms with E-state index < -0.39 is 60.3 Å². The Bertz CT molecular complexity index is 1270. The number of hydrogen-bond acceptors (Lipinski definition) is 10. The van der Waals surface area contributed by atoms with Crippen molar-refractivity contribution in [3.63, 3.8) is 0 Å². The molecule has 2 aromatic rings. The van der Waals surface area contributed by atoms with Crippen molar-refractivity contribution in [1.82, 2.24) is 10.3 Å². The third kappa shape index (κ3) is 7.00. The molecule has 1 aliphatic carbocycles. The lowest BCUT2D eigenvalue weighted by Gasteiger charge is -2.36. The largest absolute Gasteiger partial charge is 0.503 e. The fourth-order valence-corrected chi connectivity index (χ4v) is 5.83. The van der Waals surface area contributed by atoms with Crippen LogP contribution in [0.5, 0.6) is 11.5 Å². The van der Waals surface area contributed by atoms with E-state index >= 15 is 0 Å². The highest BCUT2D eigenvalue weighted by molar-refractivity contribution is 5.98. The van der Waals surface area contributed by atoms with Gasteiger partial charge in [0, 0.05) is 12.3 Å². The molecule has 1 aromatic carbocycles. The van der Waals surface area contributed by atoms with Crippen LogP contribution in [0.2, 0.25) is 0 Å². The Morgan fingerprint density at radius 2 is 1.74 bits per heavy atom. The van der Waals surface area contributed by atoms with Gasteiger partial charge in [-0.15, -0.1) is 0 Å². The monoisotopic (exact) mass is 582 g/mol. The molecule has 2 unspecified atom stereocenters. The fraction of sp³-hybridized carbons (Fsp3) is 0.516. The topological polar surface area (TPSA) is 150 Å². The van der Waals surface area contributed by atoms with Crippen LogP contribution in [0, 0.1) is 23.7 Å². The highest BCUT2D eigenvalue weighted by atomic mass is 16.6. The van der Waals surface area contributed by atoms with E-state index in [0.717, 1.165) is 24.8 Å². The van der Waals surface area contributed by atoms with Gasteiger partial charge in [0.2, 0.25) is 0 Å². The van der Waals surface area contributed by atoms with Gasteiger partial charge < -0.3 is 29.4 Å². The van der Waals surface area contributed by atoms with Crippen LogP contribution in [0.3, 0.4) is 0 Å². The van der Waals surface area contributed by atoms with Crippen LogP contribution in [0.15, 0.2) is 42.6 Å². The number of benzene rings is 1. The van der Waals surface area contributed by atoms with Gasteiger partial charge in [0.1, 0.15) is 18.6 Å². The Hall–Kier alpha value is -4.15. The second kappa shape index (κ2) is 13.7. The van der Waals surface area contributed by atoms with E-state index in [0.29, 0.717) is 0 Å². The fourth-order valence-electron chi connectivity index (χ4n) is 5.83. The normalized spacial score (nSPS) is 28.2. The number of nitrogens with one attached hydrogen (secondary N) is 1. The molecular formula is C31H38N2O9. The number of methoxy groups -OCH3 is 1. The molecule has 2 aliphatic rings. The van der Waals surface area contributed by atoms with Gasteiger partial charge in [-0.1, -0.05) is 50.6 Å². The minimum absolute atomic E-state index is 0.0160. The van der Waals surface area contributed by atoms with Gasteiger partial charge in [-0.25, -0.2) is 9.78 Å². The molecule has 42 heavy (non-hydrogen) atoms. The molecule has 1 saturated heterocycles. The van der Waals surface area contributed by atoms with Gasteiger partial charge >= 0.3 is 17.9 Å². The molecule has 4 rings (SSSR count). The quantitative estimate of drug-likeness (QED) is 0.368. The second-order valence-electron chi connectivity index (χ2n) is 11.1. The van der Waals surface area contributed by atoms with Crippen molar-refractivity contribution < 1.29 is 43.2 Å². The van der Waals surface area contributed by atoms with Gasteiger partial charge in [0.25, 0.3) is 5.91 Å². The van der Waals surface area contributed by atoms with Gasteiger partial charge in [-0.05, 0) is 43.6 Å². The molecule has 2 fully saturated rings. The molecule has 0 radical (unpaired) electrons. The number of rotatable bonds is 7. The summed E-state index contributed by atoms with van der Waals surface area (Å²) < 4.78 is 22.3. The minimum Gasteiger partial charge on any atom is -0.503 e. The number of ether oxygens (including phenoxy) is 4. The first kappa shape index (κ1) is 30.8. The zero-order chi connectivity index (χ0) is 30.4. The van der Waals surface area contributed by atoms with Crippen molar-refractivity contribution in [1.29, 1.82) is 0 Å². The summed E-state index contributed by atoms with van der Waals surface area (Å²) in [6, 6.07) is 9.16. The molecule has 0 bridgehead atoms. The molecule has 1 aromatic heterocycles. The number of amides is 1. The Morgan fingerprint density at radius 3 is 2.40 bits per heavy atom. The molecule has 2 N–H and O–H groups in total. The zero-order valence-electron chi connectivity index (χ0n) is 24.3. The lowest BCUT2D eigenvalue weighted by atomic mass is 9.73. The van der Waals surface area contributed by atoms with Gasteiger partial charge in [-0.2, -0.15) is 0 Å². The number of cyclic esters (lactones) is 2. The Kier molecular flexibility index (Phi) is 10.0. The maximum Gasteiger partial charge on any atom is 0.332 e. The van der Waals surface area contributed by atoms with Crippen LogP contribution in [0.4, 0.5) is 0 Å². The van der Waals surface area contributed by atoms with Crippen molar-refractivity contribution in [2.75, 3.05) is 13.7 Å². The Balaban J connectivity index is 1.60. The van der Waals surface area contributed by atoms with Crippen LogP contribution in [-0.2, 0) is 35.0 Å². The summed E-state index contributed by atoms with van der Waals surface area (Å²) in [5.41, 5.74) is 0.424. The summed E-state index contributed by atoms with van der Waals surface area (Å²) in [7, 11) is 1.32. The van der Waals surface area contributed by atoms with Crippen molar-refractivity contribution in [3.05, 3.63) is 53.9 Å². The molecular weight excluding hydrogens is 544 g/mol. The SMILES string of the molecule is COc1ccnc(C(=O)N[C@H]2COC(=O)[C@H](Cc3ccccc3)[C@@H](OC(=O)C3C(C)CCCC3C)[C@H](C)OC2=O)c1O. The van der Waals surface area contributed by atoms with E-state index in [4.69, 9.17) is 18.9 Å². The highest BCUT2D eigenvalue weighted by Crippen LogP contribution is 2.36. The minimum atomic E-state index is -1.42. The summed E-state index contributed by atoms with van der Waals surface area (Å²) in [5, 5.41) is 12.7. The van der Waals surface area contributed by atoms with Gasteiger partial charge in [0.15, 0.2) is 29.3 Å². The molecule has 11 nitrogen and oxygen atoms in total. The zero-order valence-corrected chi connectivity index (χ0v) is 24.3. The van der Waals surface area contributed by atoms with Crippen LogP contribution in [0.1, 0.15) is 56.1 Å². The van der Waals surface area contributed by atoms with Gasteiger partial charge in [0.05, 0.1) is 13.0 Å². The standard InChI is InChI=1S/C31H38N2O9/c1-17-9-8-10-18(2)24(17)31(38)42-27-19(3)41-30(37)22(33-28(35)25-26(34)23(39-4)13-14-32-25)16-40-29(36)21(27)15-20-11-6-5-7-12-20/h5-7,11-14,17-19,21-22,24,27,34H,8-10,15-16H2,1-4H3,(H,33,35)/t17?,18?,19-,21+,22-,24?,27-/m0/s1. The summed E-state index contributed by atoms with van der Waals surface area (Å²) >= 11 is 0. The van der Waals surface area contributed by atoms with Crippen molar-refractivity contribution in [2.24, 2.45) is 23.7 Å². The summed E-state index contributed by atoms with van der Waals surface area (Å²) in [6.07, 6.45) is 2.09. The van der Waals surface area contributed by atoms with Crippen molar-refractivity contribution in [2.45, 2.75) is 64.7 Å². The van der Waals surface area contributed by atoms with E-state index in [1.165, 1.54) is 19.4 Å². The molecule has 11 heteroatoms. The predicted octanol–water partition coefficient (Wildman–Crippen LogP) is 3.23. The number of hydrogen-bond donors (Lipinski definition) is 2. The Labute approximate surface area is 244 Å². The maximum atomic E-state index is 13.6. The highest BCUT2D eigenvalue weighted by Gasteiger charge is 2.44. The number of carbonyl (C=O) groups is 4. The van der Waals surface area contributed by atoms with Crippen LogP contribution >= 0.6 is 0 Å². The van der Waals surface area contributed by atoms with Gasteiger partial charge in [-0.3, -0.25) is 14.4 Å². The Morgan fingerprint density at radius 1 is 1.05 bits per heavy atom. The molecule has 1 aliphatic heterocycles. The van der Waals surface area contributed by atoms with E-state index in [1.54, 1.807) is 6.92 Å². The van der Waals surface area contributed by atoms with E-state index in [1.807, 2.05) is 44.2 Å². The van der Waals surface area contributed by atoms with Crippen molar-refractivity contribution >= 4 is 23.8 Å². The molecule has 226 valence electrons. The average Bonchev–Trinajstić information content (AvgIpc) is 3.00. The molecule has 0 spiro atoms. The first-order valence-electron chi connectivity index (χ1n) is 14.2. The molecule has 2 heterocycles. The molecule has 1 saturated carbocycles. The number of carbonyl (C=O) groups excluding carboxylic acids is 4. The number of aromatic nitrogens is 1. The lowest BCUT2D eigenvalue weighted by molar-refractivity contribution is -0.180. The lowest BCUT2D eigenvalue weighted by Crippen LogP contribution is -2.47. The van der Waals surface area contributed by atoms with E-state index in [-0.39, 0.29) is 35.6 Å².